The summed E-state index contributed by atoms with van der Waals surface area (Å²) in [4.78, 5) is 0. The first-order valence-electron chi connectivity index (χ1n) is 2.44. The standard InChI is InChI=1S/C3H2F6O3S.H2S/c4-1(5)2(6,7)3(8,9)13(10,11)12;/h1H,(H,10,11,12);1H2. The van der Waals surface area contributed by atoms with Crippen LogP contribution in [0.15, 0.2) is 0 Å². The van der Waals surface area contributed by atoms with Crippen molar-refractivity contribution in [1.82, 2.24) is 0 Å². The first-order chi connectivity index (χ1) is 5.44. The molecule has 0 aromatic rings. The molecule has 0 aromatic carbocycles. The van der Waals surface area contributed by atoms with Crippen LogP contribution in [0.4, 0.5) is 26.3 Å². The Morgan fingerprint density at radius 1 is 1.07 bits per heavy atom. The Hall–Kier alpha value is -0.160. The van der Waals surface area contributed by atoms with Crippen LogP contribution in [-0.4, -0.2) is 30.6 Å². The van der Waals surface area contributed by atoms with Crippen LogP contribution < -0.4 is 0 Å². The molecule has 0 fully saturated rings. The van der Waals surface area contributed by atoms with Gasteiger partial charge >= 0.3 is 17.6 Å². The van der Waals surface area contributed by atoms with Gasteiger partial charge in [0, 0.05) is 0 Å². The zero-order valence-corrected chi connectivity index (χ0v) is 8.03. The molecule has 88 valence electrons. The second kappa shape index (κ2) is 4.14. The zero-order chi connectivity index (χ0) is 11.1. The fraction of sp³-hybridized carbons (Fsp3) is 1.00. The summed E-state index contributed by atoms with van der Waals surface area (Å²) in [7, 11) is -6.82. The fourth-order valence-electron chi connectivity index (χ4n) is 0.294. The van der Waals surface area contributed by atoms with Crippen molar-refractivity contribution in [2.75, 3.05) is 0 Å². The number of halogens is 6. The molecule has 0 aliphatic heterocycles. The molecule has 0 amide bonds. The summed E-state index contributed by atoms with van der Waals surface area (Å²) in [6.45, 7) is 0. The molecule has 3 nitrogen and oxygen atoms in total. The summed E-state index contributed by atoms with van der Waals surface area (Å²) < 4.78 is 98.0. The second-order valence-corrected chi connectivity index (χ2v) is 3.32. The van der Waals surface area contributed by atoms with Gasteiger partial charge in [-0.2, -0.15) is 17.6 Å². The van der Waals surface area contributed by atoms with Crippen molar-refractivity contribution >= 4 is 23.6 Å². The summed E-state index contributed by atoms with van der Waals surface area (Å²) in [5.41, 5.74) is 0. The predicted molar refractivity (Wildman–Crippen MR) is 37.1 cm³/mol. The van der Waals surface area contributed by atoms with E-state index in [1.54, 1.807) is 0 Å². The smallest absolute Gasteiger partial charge is 0.402 e. The number of alkyl halides is 6. The van der Waals surface area contributed by atoms with Gasteiger partial charge in [-0.15, -0.1) is 0 Å². The Bertz CT molecular complexity index is 285. The van der Waals surface area contributed by atoms with Crippen LogP contribution in [0, 0.1) is 0 Å². The van der Waals surface area contributed by atoms with E-state index in [2.05, 4.69) is 0 Å². The Morgan fingerprint density at radius 3 is 1.43 bits per heavy atom. The first-order valence-corrected chi connectivity index (χ1v) is 3.84. The molecule has 11 heteroatoms. The summed E-state index contributed by atoms with van der Waals surface area (Å²) in [6, 6.07) is 0. The second-order valence-electron chi connectivity index (χ2n) is 1.89. The van der Waals surface area contributed by atoms with Crippen molar-refractivity contribution in [2.45, 2.75) is 17.6 Å². The van der Waals surface area contributed by atoms with E-state index in [1.807, 2.05) is 0 Å². The molecular weight excluding hydrogens is 262 g/mol. The van der Waals surface area contributed by atoms with Gasteiger partial charge in [-0.05, 0) is 0 Å². The monoisotopic (exact) mass is 266 g/mol. The van der Waals surface area contributed by atoms with E-state index in [-0.39, 0.29) is 13.5 Å². The molecule has 0 aromatic heterocycles. The molecule has 0 radical (unpaired) electrons. The van der Waals surface area contributed by atoms with Gasteiger partial charge in [0.1, 0.15) is 0 Å². The minimum Gasteiger partial charge on any atom is -0.743 e. The van der Waals surface area contributed by atoms with Crippen LogP contribution in [0.5, 0.6) is 0 Å². The van der Waals surface area contributed by atoms with E-state index in [1.165, 1.54) is 0 Å². The highest BCUT2D eigenvalue weighted by atomic mass is 32.2. The molecule has 14 heavy (non-hydrogen) atoms. The van der Waals surface area contributed by atoms with Crippen molar-refractivity contribution in [1.29, 1.82) is 0 Å². The Labute approximate surface area is 81.3 Å². The van der Waals surface area contributed by atoms with E-state index < -0.39 is 27.7 Å². The van der Waals surface area contributed by atoms with Gasteiger partial charge in [0.05, 0.1) is 0 Å². The van der Waals surface area contributed by atoms with Gasteiger partial charge in [-0.1, -0.05) is 13.5 Å². The van der Waals surface area contributed by atoms with Crippen molar-refractivity contribution < 1.29 is 39.3 Å². The third kappa shape index (κ3) is 2.45. The lowest BCUT2D eigenvalue weighted by Gasteiger charge is -2.27. The van der Waals surface area contributed by atoms with Gasteiger partial charge < -0.3 is 4.55 Å². The highest BCUT2D eigenvalue weighted by molar-refractivity contribution is 7.86. The molecule has 0 bridgehead atoms. The highest BCUT2D eigenvalue weighted by Gasteiger charge is 2.67. The Morgan fingerprint density at radius 2 is 1.36 bits per heavy atom. The molecule has 0 saturated heterocycles. The Balaban J connectivity index is 0. The average molecular weight is 266 g/mol. The maximum absolute atomic E-state index is 11.8. The van der Waals surface area contributed by atoms with Gasteiger partial charge in [-0.3, -0.25) is 0 Å². The van der Waals surface area contributed by atoms with Crippen molar-refractivity contribution in [3.05, 3.63) is 0 Å². The number of rotatable bonds is 3. The maximum atomic E-state index is 11.8. The fourth-order valence-corrected chi connectivity index (χ4v) is 0.716. The van der Waals surface area contributed by atoms with Gasteiger partial charge in [0.25, 0.3) is 0 Å². The van der Waals surface area contributed by atoms with Crippen molar-refractivity contribution in [3.8, 4) is 0 Å². The van der Waals surface area contributed by atoms with Crippen molar-refractivity contribution in [2.24, 2.45) is 0 Å². The van der Waals surface area contributed by atoms with E-state index in [4.69, 9.17) is 0 Å². The summed E-state index contributed by atoms with van der Waals surface area (Å²) in [6.07, 6.45) is -4.94. The van der Waals surface area contributed by atoms with E-state index >= 15 is 0 Å². The molecule has 0 spiro atoms. The highest BCUT2D eigenvalue weighted by Crippen LogP contribution is 2.42. The van der Waals surface area contributed by atoms with Crippen LogP contribution in [-0.2, 0) is 23.6 Å². The lowest BCUT2D eigenvalue weighted by atomic mass is 10.4. The molecule has 0 rings (SSSR count). The Kier molecular flexibility index (Phi) is 4.82. The maximum Gasteiger partial charge on any atom is 0.402 e. The lowest BCUT2D eigenvalue weighted by molar-refractivity contribution is -0.227. The van der Waals surface area contributed by atoms with E-state index in [0.29, 0.717) is 0 Å². The van der Waals surface area contributed by atoms with Crippen LogP contribution in [0.1, 0.15) is 0 Å². The minimum absolute atomic E-state index is 0. The van der Waals surface area contributed by atoms with E-state index in [0.717, 1.165) is 0 Å². The summed E-state index contributed by atoms with van der Waals surface area (Å²) >= 11 is 0. The van der Waals surface area contributed by atoms with Crippen LogP contribution in [0.3, 0.4) is 0 Å². The van der Waals surface area contributed by atoms with Gasteiger partial charge in [-0.25, -0.2) is 17.2 Å². The van der Waals surface area contributed by atoms with Crippen LogP contribution >= 0.6 is 0 Å². The zero-order valence-electron chi connectivity index (χ0n) is 6.06. The molecule has 0 saturated carbocycles. The summed E-state index contributed by atoms with van der Waals surface area (Å²) in [5.74, 6) is -6.19. The number of hydrogen-bond donors (Lipinski definition) is 0. The molecule has 0 unspecified atom stereocenters. The quantitative estimate of drug-likeness (QED) is 0.417. The SMILES string of the molecule is O=S(=O)([O-])C(F)(F)C(F)(F)C(F)F.[SH3+]. The molecule has 0 heterocycles. The minimum atomic E-state index is -6.82. The van der Waals surface area contributed by atoms with Gasteiger partial charge in [0.2, 0.25) is 0 Å². The lowest BCUT2D eigenvalue weighted by Crippen LogP contribution is -2.51. The largest absolute Gasteiger partial charge is 0.743 e. The van der Waals surface area contributed by atoms with E-state index in [9.17, 15) is 39.3 Å². The predicted octanol–water partition coefficient (Wildman–Crippen LogP) is 0.219. The van der Waals surface area contributed by atoms with Gasteiger partial charge in [0.15, 0.2) is 10.1 Å². The molecule has 0 aliphatic rings. The van der Waals surface area contributed by atoms with Crippen LogP contribution in [0.25, 0.3) is 0 Å². The molecule has 0 N–H and O–H groups in total. The van der Waals surface area contributed by atoms with Crippen LogP contribution in [0.2, 0.25) is 0 Å². The normalized spacial score (nSPS) is 14.0. The topological polar surface area (TPSA) is 57.2 Å². The first kappa shape index (κ1) is 16.3. The molecule has 0 atom stereocenters. The molecular formula is C3H4F6O3S2. The third-order valence-corrected chi connectivity index (χ3v) is 1.88. The average Bonchev–Trinajstić information content (AvgIpc) is 1.84. The molecule has 0 aliphatic carbocycles. The number of hydrogen-bond acceptors (Lipinski definition) is 3. The third-order valence-electron chi connectivity index (χ3n) is 0.976. The van der Waals surface area contributed by atoms with Crippen molar-refractivity contribution in [3.63, 3.8) is 0 Å². The summed E-state index contributed by atoms with van der Waals surface area (Å²) in [5, 5.41) is -6.31.